The smallest absolute Gasteiger partial charge is 0.473 e. The first-order chi connectivity index (χ1) is 45.0. The summed E-state index contributed by atoms with van der Waals surface area (Å²) in [6.07, 6.45) is -10.7. The van der Waals surface area contributed by atoms with Gasteiger partial charge < -0.3 is 75.0 Å². The fraction of sp³-hybridized carbons (Fsp3) is 0.387. The molecule has 17 N–H and O–H groups in total. The number of nitrogens with two attached hydrogens (primary N) is 4. The second kappa shape index (κ2) is 34.3. The summed E-state index contributed by atoms with van der Waals surface area (Å²) in [5, 5.41) is 29.2. The highest BCUT2D eigenvalue weighted by Crippen LogP contribution is 2.42. The molecule has 3 aromatic carbocycles. The number of guanidine groups is 2. The Morgan fingerprint density at radius 1 is 0.604 bits per heavy atom. The number of aliphatic imine (C=N–C) groups is 2. The number of Topliss-reactive ketones (excluding diaryl/α,β-unsaturated/α-hetero) is 1. The van der Waals surface area contributed by atoms with Crippen LogP contribution < -0.4 is 70.8 Å². The molecule has 0 spiro atoms. The number of anilines is 1. The molecule has 96 heavy (non-hydrogen) atoms. The molecule has 1 aliphatic heterocycles. The number of hydrogen-bond donors (Lipinski definition) is 13. The number of aromatic carboxylic acids is 1. The minimum Gasteiger partial charge on any atom is -0.478 e. The van der Waals surface area contributed by atoms with E-state index >= 15 is 0 Å². The molecular weight excluding hydrogens is 1280 g/mol. The molecule has 5 atom stereocenters. The van der Waals surface area contributed by atoms with E-state index in [4.69, 9.17) is 27.4 Å². The van der Waals surface area contributed by atoms with E-state index in [2.05, 4.69) is 52.2 Å². The van der Waals surface area contributed by atoms with Gasteiger partial charge in [0.1, 0.15) is 35.5 Å². The average Bonchev–Trinajstić information content (AvgIpc) is 0.746. The lowest BCUT2D eigenvalue weighted by Gasteiger charge is -2.28. The van der Waals surface area contributed by atoms with E-state index in [1.807, 2.05) is 0 Å². The molecule has 0 radical (unpaired) electrons. The van der Waals surface area contributed by atoms with Crippen LogP contribution in [0.1, 0.15) is 93.0 Å². The summed E-state index contributed by atoms with van der Waals surface area (Å²) in [7, 11) is 0. The number of alkyl halides is 6. The van der Waals surface area contributed by atoms with Crippen LogP contribution in [0.25, 0.3) is 33.4 Å². The van der Waals surface area contributed by atoms with E-state index in [-0.39, 0.29) is 114 Å². The highest BCUT2D eigenvalue weighted by atomic mass is 19.4. The van der Waals surface area contributed by atoms with E-state index in [0.29, 0.717) is 5.56 Å². The summed E-state index contributed by atoms with van der Waals surface area (Å²) in [5.74, 6) is -14.5. The molecule has 3 aromatic rings. The zero-order valence-corrected chi connectivity index (χ0v) is 52.5. The lowest BCUT2D eigenvalue weighted by atomic mass is 9.89. The van der Waals surface area contributed by atoms with Crippen molar-refractivity contribution in [2.75, 3.05) is 31.5 Å². The largest absolute Gasteiger partial charge is 0.478 e. The van der Waals surface area contributed by atoms with Gasteiger partial charge >= 0.3 is 30.1 Å². The second-order valence-corrected chi connectivity index (χ2v) is 22.6. The Morgan fingerprint density at radius 2 is 1.18 bits per heavy atom. The van der Waals surface area contributed by atoms with Crippen molar-refractivity contribution in [3.63, 3.8) is 0 Å². The molecule has 5 rings (SSSR count). The van der Waals surface area contributed by atoms with E-state index in [9.17, 15) is 84.2 Å². The Kier molecular flexibility index (Phi) is 27.0. The number of amides is 9. The van der Waals surface area contributed by atoms with E-state index < -0.39 is 137 Å². The number of carboxylic acids is 1. The number of carboxylic acid groups (broad SMARTS) is 1. The first kappa shape index (κ1) is 75.8. The van der Waals surface area contributed by atoms with Crippen LogP contribution in [-0.2, 0) is 49.6 Å². The second-order valence-electron chi connectivity index (χ2n) is 22.6. The van der Waals surface area contributed by atoms with Crippen LogP contribution in [0, 0.1) is 11.8 Å². The fourth-order valence-corrected chi connectivity index (χ4v) is 9.64. The molecule has 0 bridgehead atoms. The third kappa shape index (κ3) is 23.0. The first-order valence-corrected chi connectivity index (χ1v) is 29.7. The molecule has 516 valence electrons. The maximum atomic E-state index is 14.4. The summed E-state index contributed by atoms with van der Waals surface area (Å²) in [4.78, 5) is 157. The molecule has 0 unspecified atom stereocenters. The van der Waals surface area contributed by atoms with Gasteiger partial charge in [0.25, 0.3) is 5.91 Å². The predicted octanol–water partition coefficient (Wildman–Crippen LogP) is 2.30. The SMILES string of the molecule is CC(=O)[C@@H](NC(=O)[C@H](CCCN=C(N)N)NC(=O)[C@H](CCCN=C(N)N)NC(=O)[C@H](CC(C)C)NC(=O)[C@@H](Cc1ccccc1)NC(=O)CNC(=O)CNC(=O)c1ccc(C(=O)O)c(-c2c3ccc(=NC(=O)C(F)(F)F)cc-3oc3cc(NC(=O)C(F)(F)F)ccc23)c1)C(C)C. The molecule has 9 amide bonds. The normalized spacial score (nSPS) is 13.2. The van der Waals surface area contributed by atoms with Crippen molar-refractivity contribution in [2.24, 2.45) is 49.7 Å². The van der Waals surface area contributed by atoms with Crippen LogP contribution in [0.2, 0.25) is 0 Å². The summed E-state index contributed by atoms with van der Waals surface area (Å²) in [6.45, 7) is 6.72. The zero-order chi connectivity index (χ0) is 71.4. The molecular formula is C62H73F6N15O13. The third-order valence-corrected chi connectivity index (χ3v) is 14.2. The van der Waals surface area contributed by atoms with E-state index in [1.54, 1.807) is 63.3 Å². The highest BCUT2D eigenvalue weighted by Gasteiger charge is 2.40. The molecule has 0 saturated carbocycles. The van der Waals surface area contributed by atoms with Crippen LogP contribution in [-0.4, -0.2) is 151 Å². The van der Waals surface area contributed by atoms with Gasteiger partial charge in [-0.25, -0.2) is 9.79 Å². The predicted molar refractivity (Wildman–Crippen MR) is 336 cm³/mol. The maximum Gasteiger partial charge on any atom is 0.473 e. The zero-order valence-electron chi connectivity index (χ0n) is 52.5. The van der Waals surface area contributed by atoms with Gasteiger partial charge in [0, 0.05) is 59.4 Å². The summed E-state index contributed by atoms with van der Waals surface area (Å²) in [6, 6.07) is 11.0. The van der Waals surface area contributed by atoms with Crippen LogP contribution >= 0.6 is 0 Å². The number of fused-ring (bicyclic) bond motifs is 2. The average molecular weight is 1350 g/mol. The minimum absolute atomic E-state index is 0.00906. The number of rotatable bonds is 31. The van der Waals surface area contributed by atoms with Gasteiger partial charge in [-0.05, 0) is 104 Å². The maximum absolute atomic E-state index is 14.4. The van der Waals surface area contributed by atoms with Crippen molar-refractivity contribution in [3.05, 3.63) is 107 Å². The minimum atomic E-state index is -5.40. The Hall–Kier alpha value is -11.0. The topological polar surface area (TPSA) is 459 Å². The number of carbonyl (C=O) groups is 11. The first-order valence-electron chi connectivity index (χ1n) is 29.7. The van der Waals surface area contributed by atoms with E-state index in [0.717, 1.165) is 54.6 Å². The summed E-state index contributed by atoms with van der Waals surface area (Å²) >= 11 is 0. The molecule has 0 aromatic heterocycles. The van der Waals surface area contributed by atoms with Gasteiger partial charge in [-0.1, -0.05) is 58.0 Å². The monoisotopic (exact) mass is 1350 g/mol. The number of benzene rings is 4. The van der Waals surface area contributed by atoms with Gasteiger partial charge in [-0.3, -0.25) is 57.9 Å². The van der Waals surface area contributed by atoms with Crippen molar-refractivity contribution in [3.8, 4) is 22.5 Å². The molecule has 0 fully saturated rings. The number of nitrogens with one attached hydrogen (secondary N) is 8. The lowest BCUT2D eigenvalue weighted by molar-refractivity contribution is -0.169. The third-order valence-electron chi connectivity index (χ3n) is 14.2. The number of ketones is 1. The van der Waals surface area contributed by atoms with Crippen LogP contribution in [0.3, 0.4) is 0 Å². The molecule has 0 saturated heterocycles. The van der Waals surface area contributed by atoms with E-state index in [1.165, 1.54) is 6.92 Å². The number of nitrogens with zero attached hydrogens (tertiary/aromatic N) is 3. The van der Waals surface area contributed by atoms with Crippen molar-refractivity contribution < 1.29 is 88.6 Å². The lowest BCUT2D eigenvalue weighted by Crippen LogP contribution is -2.59. The van der Waals surface area contributed by atoms with Crippen LogP contribution in [0.4, 0.5) is 32.0 Å². The Labute approximate surface area is 544 Å². The Morgan fingerprint density at radius 3 is 1.73 bits per heavy atom. The van der Waals surface area contributed by atoms with Crippen molar-refractivity contribution in [1.82, 2.24) is 37.2 Å². The van der Waals surface area contributed by atoms with Gasteiger partial charge in [-0.15, -0.1) is 0 Å². The molecule has 28 nitrogen and oxygen atoms in total. The highest BCUT2D eigenvalue weighted by molar-refractivity contribution is 6.10. The summed E-state index contributed by atoms with van der Waals surface area (Å²) in [5.41, 5.74) is 20.4. The summed E-state index contributed by atoms with van der Waals surface area (Å²) < 4.78 is 85.1. The van der Waals surface area contributed by atoms with Gasteiger partial charge in [0.15, 0.2) is 17.7 Å². The van der Waals surface area contributed by atoms with Crippen LogP contribution in [0.5, 0.6) is 0 Å². The number of halogens is 6. The van der Waals surface area contributed by atoms with Crippen LogP contribution in [0.15, 0.2) is 104 Å². The molecule has 1 aliphatic carbocycles. The van der Waals surface area contributed by atoms with Gasteiger partial charge in [0.2, 0.25) is 35.4 Å². The van der Waals surface area contributed by atoms with Crippen molar-refractivity contribution in [1.29, 1.82) is 0 Å². The molecule has 2 aliphatic rings. The quantitative estimate of drug-likeness (QED) is 0.00995. The molecule has 34 heteroatoms. The van der Waals surface area contributed by atoms with Crippen molar-refractivity contribution in [2.45, 2.75) is 116 Å². The fourth-order valence-electron chi connectivity index (χ4n) is 9.64. The number of carbonyl (C=O) groups excluding carboxylic acids is 10. The Bertz CT molecular complexity index is 3810. The van der Waals surface area contributed by atoms with Crippen molar-refractivity contribution >= 4 is 93.5 Å². The standard InChI is InChI=1S/C62H73F6N15O13/c1-30(2)23-43(54(90)81-41(13-9-21-73-59(69)70)52(88)80-42(14-10-22-74-60(71)72)53(89)83-50(31(3)4)32(5)84)82-55(91)44(24-33-11-7-6-8-12-33)79-48(86)29-75-47(85)28-76-51(87)34-15-18-37(56(92)93)40(25-34)49-38-19-16-35(77-57(94)61(63,64)65)26-45(38)96-46-27-36(17-20-39(46)49)78-58(95)62(66,67)68/h6-8,11-12,15-20,25-27,30-31,41-44,50H,9-10,13-14,21-24,28-29H2,1-5H3,(H,75,85)(H,76,87)(H,77,94)(H,79,86)(H,80,88)(H,81,90)(H,82,91)(H,83,89)(H,92,93)(H4,69,70,73)(H4,71,72,74)/t41-,42-,43-,44+,50-/m0/s1. The van der Waals surface area contributed by atoms with Gasteiger partial charge in [0.05, 0.1) is 30.1 Å². The number of hydrogen-bond acceptors (Lipinski definition) is 14. The van der Waals surface area contributed by atoms with Gasteiger partial charge in [-0.2, -0.15) is 26.3 Å². The Balaban J connectivity index is 1.36. The molecule has 1 heterocycles.